The van der Waals surface area contributed by atoms with Gasteiger partial charge in [-0.1, -0.05) is 20.8 Å². The van der Waals surface area contributed by atoms with E-state index in [1.54, 1.807) is 0 Å². The second-order valence-corrected chi connectivity index (χ2v) is 5.88. The number of rotatable bonds is 3. The molecule has 1 rings (SSSR count). The predicted octanol–water partition coefficient (Wildman–Crippen LogP) is 1.47. The summed E-state index contributed by atoms with van der Waals surface area (Å²) in [4.78, 5) is 2.47. The number of nitrogens with two attached hydrogens (primary N) is 1. The quantitative estimate of drug-likeness (QED) is 0.773. The highest BCUT2D eigenvalue weighted by atomic mass is 16.5. The summed E-state index contributed by atoms with van der Waals surface area (Å²) in [6.45, 7) is 12.9. The van der Waals surface area contributed by atoms with Crippen molar-refractivity contribution in [3.63, 3.8) is 0 Å². The number of morpholine rings is 1. The maximum Gasteiger partial charge on any atom is 0.0850 e. The van der Waals surface area contributed by atoms with Gasteiger partial charge in [-0.05, 0) is 25.3 Å². The van der Waals surface area contributed by atoms with Crippen LogP contribution in [0.25, 0.3) is 0 Å². The SMILES string of the molecule is CC(N)C1CN(CCC(C)(C)C)CCO1. The van der Waals surface area contributed by atoms with Crippen molar-refractivity contribution < 1.29 is 4.74 Å². The number of hydrogen-bond acceptors (Lipinski definition) is 3. The van der Waals surface area contributed by atoms with Crippen LogP contribution in [-0.4, -0.2) is 43.3 Å². The molecule has 0 amide bonds. The summed E-state index contributed by atoms with van der Waals surface area (Å²) in [7, 11) is 0. The first-order chi connectivity index (χ1) is 6.88. The third kappa shape index (κ3) is 4.96. The van der Waals surface area contributed by atoms with E-state index in [1.165, 1.54) is 6.42 Å². The van der Waals surface area contributed by atoms with E-state index in [9.17, 15) is 0 Å². The minimum Gasteiger partial charge on any atom is -0.374 e. The molecule has 0 saturated carbocycles. The largest absolute Gasteiger partial charge is 0.374 e. The Morgan fingerprint density at radius 1 is 1.47 bits per heavy atom. The summed E-state index contributed by atoms with van der Waals surface area (Å²) < 4.78 is 5.63. The molecule has 0 aromatic carbocycles. The molecule has 0 aromatic rings. The van der Waals surface area contributed by atoms with Crippen molar-refractivity contribution in [3.05, 3.63) is 0 Å². The molecule has 1 heterocycles. The molecule has 15 heavy (non-hydrogen) atoms. The van der Waals surface area contributed by atoms with E-state index in [0.29, 0.717) is 5.41 Å². The summed E-state index contributed by atoms with van der Waals surface area (Å²) in [5.41, 5.74) is 6.28. The Morgan fingerprint density at radius 3 is 2.67 bits per heavy atom. The standard InChI is InChI=1S/C12H26N2O/c1-10(13)11-9-14(7-8-15-11)6-5-12(2,3)4/h10-11H,5-9,13H2,1-4H3. The Bertz CT molecular complexity index is 187. The van der Waals surface area contributed by atoms with Gasteiger partial charge in [0, 0.05) is 19.1 Å². The number of hydrogen-bond donors (Lipinski definition) is 1. The lowest BCUT2D eigenvalue weighted by Crippen LogP contribution is -2.50. The maximum absolute atomic E-state index is 5.86. The van der Waals surface area contributed by atoms with Crippen LogP contribution in [0.3, 0.4) is 0 Å². The minimum atomic E-state index is 0.141. The fourth-order valence-electron chi connectivity index (χ4n) is 1.75. The molecule has 1 aliphatic rings. The molecule has 3 nitrogen and oxygen atoms in total. The van der Waals surface area contributed by atoms with E-state index in [1.807, 2.05) is 6.92 Å². The average Bonchev–Trinajstić information content (AvgIpc) is 2.14. The van der Waals surface area contributed by atoms with Crippen molar-refractivity contribution in [1.82, 2.24) is 4.90 Å². The second kappa shape index (κ2) is 5.28. The maximum atomic E-state index is 5.86. The third-order valence-electron chi connectivity index (χ3n) is 2.94. The van der Waals surface area contributed by atoms with Gasteiger partial charge in [-0.25, -0.2) is 0 Å². The third-order valence-corrected chi connectivity index (χ3v) is 2.94. The lowest BCUT2D eigenvalue weighted by Gasteiger charge is -2.36. The lowest BCUT2D eigenvalue weighted by atomic mass is 9.92. The van der Waals surface area contributed by atoms with E-state index in [2.05, 4.69) is 25.7 Å². The molecule has 2 atom stereocenters. The van der Waals surface area contributed by atoms with Gasteiger partial charge in [0.2, 0.25) is 0 Å². The van der Waals surface area contributed by atoms with Gasteiger partial charge >= 0.3 is 0 Å². The zero-order chi connectivity index (χ0) is 11.5. The molecule has 0 aromatic heterocycles. The molecule has 3 heteroatoms. The molecule has 2 unspecified atom stereocenters. The van der Waals surface area contributed by atoms with E-state index in [4.69, 9.17) is 10.5 Å². The molecule has 1 saturated heterocycles. The smallest absolute Gasteiger partial charge is 0.0850 e. The van der Waals surface area contributed by atoms with Gasteiger partial charge in [-0.2, -0.15) is 0 Å². The molecular formula is C12H26N2O. The van der Waals surface area contributed by atoms with E-state index < -0.39 is 0 Å². The van der Waals surface area contributed by atoms with Gasteiger partial charge in [0.1, 0.15) is 0 Å². The molecule has 0 radical (unpaired) electrons. The van der Waals surface area contributed by atoms with Crippen LogP contribution in [0.1, 0.15) is 34.1 Å². The minimum absolute atomic E-state index is 0.141. The van der Waals surface area contributed by atoms with Crippen molar-refractivity contribution in [2.24, 2.45) is 11.1 Å². The van der Waals surface area contributed by atoms with Crippen LogP contribution in [0.4, 0.5) is 0 Å². The van der Waals surface area contributed by atoms with Crippen LogP contribution in [0.5, 0.6) is 0 Å². The Hall–Kier alpha value is -0.120. The number of ether oxygens (including phenoxy) is 1. The highest BCUT2D eigenvalue weighted by Crippen LogP contribution is 2.19. The van der Waals surface area contributed by atoms with Gasteiger partial charge in [-0.3, -0.25) is 4.90 Å². The van der Waals surface area contributed by atoms with Gasteiger partial charge in [0.15, 0.2) is 0 Å². The highest BCUT2D eigenvalue weighted by Gasteiger charge is 2.24. The van der Waals surface area contributed by atoms with Crippen molar-refractivity contribution in [2.45, 2.75) is 46.3 Å². The topological polar surface area (TPSA) is 38.5 Å². The normalized spacial score (nSPS) is 26.6. The van der Waals surface area contributed by atoms with Crippen LogP contribution < -0.4 is 5.73 Å². The van der Waals surface area contributed by atoms with Crippen LogP contribution >= 0.6 is 0 Å². The van der Waals surface area contributed by atoms with E-state index in [-0.39, 0.29) is 12.1 Å². The van der Waals surface area contributed by atoms with Gasteiger partial charge < -0.3 is 10.5 Å². The Kier molecular flexibility index (Phi) is 4.56. The van der Waals surface area contributed by atoms with Gasteiger partial charge in [-0.15, -0.1) is 0 Å². The monoisotopic (exact) mass is 214 g/mol. The Morgan fingerprint density at radius 2 is 2.13 bits per heavy atom. The fourth-order valence-corrected chi connectivity index (χ4v) is 1.75. The highest BCUT2D eigenvalue weighted by molar-refractivity contribution is 4.78. The molecule has 0 aliphatic carbocycles. The van der Waals surface area contributed by atoms with Crippen molar-refractivity contribution in [1.29, 1.82) is 0 Å². The Labute approximate surface area is 94.0 Å². The molecule has 1 fully saturated rings. The van der Waals surface area contributed by atoms with Crippen LogP contribution in [0, 0.1) is 5.41 Å². The Balaban J connectivity index is 2.30. The summed E-state index contributed by atoms with van der Waals surface area (Å²) in [6, 6.07) is 0.141. The van der Waals surface area contributed by atoms with Crippen LogP contribution in [-0.2, 0) is 4.74 Å². The summed E-state index contributed by atoms with van der Waals surface area (Å²) in [6.07, 6.45) is 1.46. The lowest BCUT2D eigenvalue weighted by molar-refractivity contribution is -0.0398. The first-order valence-electron chi connectivity index (χ1n) is 5.98. The molecule has 2 N–H and O–H groups in total. The fraction of sp³-hybridized carbons (Fsp3) is 1.00. The molecular weight excluding hydrogens is 188 g/mol. The van der Waals surface area contributed by atoms with Crippen molar-refractivity contribution in [3.8, 4) is 0 Å². The second-order valence-electron chi connectivity index (χ2n) is 5.88. The summed E-state index contributed by atoms with van der Waals surface area (Å²) in [5.74, 6) is 0. The van der Waals surface area contributed by atoms with Gasteiger partial charge in [0.05, 0.1) is 12.7 Å². The first-order valence-corrected chi connectivity index (χ1v) is 5.98. The van der Waals surface area contributed by atoms with Crippen molar-refractivity contribution in [2.75, 3.05) is 26.2 Å². The van der Waals surface area contributed by atoms with Crippen molar-refractivity contribution >= 4 is 0 Å². The zero-order valence-electron chi connectivity index (χ0n) is 10.6. The summed E-state index contributed by atoms with van der Waals surface area (Å²) in [5, 5.41) is 0. The predicted molar refractivity (Wildman–Crippen MR) is 63.9 cm³/mol. The van der Waals surface area contributed by atoms with E-state index in [0.717, 1.165) is 26.2 Å². The molecule has 0 spiro atoms. The van der Waals surface area contributed by atoms with E-state index >= 15 is 0 Å². The molecule has 90 valence electrons. The van der Waals surface area contributed by atoms with Crippen LogP contribution in [0.15, 0.2) is 0 Å². The summed E-state index contributed by atoms with van der Waals surface area (Å²) >= 11 is 0. The molecule has 1 aliphatic heterocycles. The zero-order valence-corrected chi connectivity index (χ0v) is 10.6. The average molecular weight is 214 g/mol. The number of nitrogens with zero attached hydrogens (tertiary/aromatic N) is 1. The molecule has 0 bridgehead atoms. The first kappa shape index (κ1) is 12.9. The van der Waals surface area contributed by atoms with Crippen LogP contribution in [0.2, 0.25) is 0 Å². The van der Waals surface area contributed by atoms with Gasteiger partial charge in [0.25, 0.3) is 0 Å².